The van der Waals surface area contributed by atoms with E-state index in [1.807, 2.05) is 94.4 Å². The highest BCUT2D eigenvalue weighted by molar-refractivity contribution is 7.55. The monoisotopic (exact) mass is 403 g/mol. The van der Waals surface area contributed by atoms with Gasteiger partial charge in [-0.1, -0.05) is 36.4 Å². The van der Waals surface area contributed by atoms with Crippen LogP contribution in [0.25, 0.3) is 6.08 Å². The van der Waals surface area contributed by atoms with E-state index in [1.165, 1.54) is 0 Å². The highest BCUT2D eigenvalue weighted by Crippen LogP contribution is 2.55. The van der Waals surface area contributed by atoms with Gasteiger partial charge in [-0.3, -0.25) is 4.57 Å². The zero-order valence-corrected chi connectivity index (χ0v) is 18.1. The van der Waals surface area contributed by atoms with Crippen LogP contribution in [0, 0.1) is 0 Å². The topological polar surface area (TPSA) is 56.8 Å². The van der Waals surface area contributed by atoms with E-state index in [-0.39, 0.29) is 12.2 Å². The molecular formula is C22H30NO4P. The van der Waals surface area contributed by atoms with Crippen LogP contribution in [-0.2, 0) is 13.6 Å². The zero-order chi connectivity index (χ0) is 20.6. The summed E-state index contributed by atoms with van der Waals surface area (Å²) in [5.74, 6) is 0.105. The summed E-state index contributed by atoms with van der Waals surface area (Å²) in [6.07, 6.45) is 3.27. The minimum atomic E-state index is -3.49. The van der Waals surface area contributed by atoms with Crippen LogP contribution in [0.15, 0.2) is 60.7 Å². The summed E-state index contributed by atoms with van der Waals surface area (Å²) in [5.41, 5.74) is 1.80. The fraction of sp³-hybridized carbons (Fsp3) is 0.364. The molecule has 1 N–H and O–H groups in total. The third-order valence-electron chi connectivity index (χ3n) is 3.73. The minimum Gasteiger partial charge on any atom is -0.497 e. The van der Waals surface area contributed by atoms with Gasteiger partial charge >= 0.3 is 7.60 Å². The van der Waals surface area contributed by atoms with E-state index in [4.69, 9.17) is 13.8 Å². The molecule has 2 aromatic rings. The number of hydrogen-bond acceptors (Lipinski definition) is 5. The molecule has 28 heavy (non-hydrogen) atoms. The van der Waals surface area contributed by atoms with E-state index in [0.717, 1.165) is 17.0 Å². The van der Waals surface area contributed by atoms with Crippen LogP contribution in [0.2, 0.25) is 0 Å². The lowest BCUT2D eigenvalue weighted by atomic mass is 10.2. The summed E-state index contributed by atoms with van der Waals surface area (Å²) < 4.78 is 30.5. The highest BCUT2D eigenvalue weighted by Gasteiger charge is 2.36. The largest absolute Gasteiger partial charge is 0.497 e. The van der Waals surface area contributed by atoms with E-state index < -0.39 is 13.4 Å². The number of benzene rings is 2. The summed E-state index contributed by atoms with van der Waals surface area (Å²) in [4.78, 5) is 0. The van der Waals surface area contributed by atoms with Crippen molar-refractivity contribution in [2.75, 3.05) is 12.4 Å². The Hall–Kier alpha value is -2.07. The Morgan fingerprint density at radius 2 is 1.46 bits per heavy atom. The Labute approximate surface area is 168 Å². The molecule has 0 radical (unpaired) electrons. The maximum absolute atomic E-state index is 13.7. The van der Waals surface area contributed by atoms with Gasteiger partial charge < -0.3 is 19.1 Å². The number of anilines is 1. The fourth-order valence-corrected chi connectivity index (χ4v) is 4.69. The Morgan fingerprint density at radius 3 is 1.96 bits per heavy atom. The SMILES string of the molecule is COc1ccc(N[C@@H](/C=C/c2ccccc2)P(=O)(OC(C)C)OC(C)C)cc1. The number of rotatable bonds is 10. The maximum atomic E-state index is 13.7. The standard InChI is InChI=1S/C22H30NO4P/c1-17(2)26-28(24,27-18(3)4)22(16-11-19-9-7-6-8-10-19)23-20-12-14-21(25-5)15-13-20/h6-18,22-23H,1-5H3/b16-11+/t22-/m1/s1. The molecule has 1 atom stereocenters. The van der Waals surface area contributed by atoms with E-state index in [1.54, 1.807) is 7.11 Å². The molecule has 6 heteroatoms. The van der Waals surface area contributed by atoms with Crippen molar-refractivity contribution < 1.29 is 18.3 Å². The molecule has 0 heterocycles. The number of ether oxygens (including phenoxy) is 1. The molecule has 0 aliphatic carbocycles. The molecule has 0 fully saturated rings. The predicted octanol–water partition coefficient (Wildman–Crippen LogP) is 6.19. The summed E-state index contributed by atoms with van der Waals surface area (Å²) in [7, 11) is -1.87. The van der Waals surface area contributed by atoms with Crippen molar-refractivity contribution in [2.45, 2.75) is 45.7 Å². The predicted molar refractivity (Wildman–Crippen MR) is 116 cm³/mol. The average molecular weight is 403 g/mol. The van der Waals surface area contributed by atoms with E-state index in [9.17, 15) is 4.57 Å². The molecule has 0 bridgehead atoms. The average Bonchev–Trinajstić information content (AvgIpc) is 2.65. The Bertz CT molecular complexity index is 774. The van der Waals surface area contributed by atoms with E-state index >= 15 is 0 Å². The summed E-state index contributed by atoms with van der Waals surface area (Å²) in [5, 5.41) is 3.30. The molecule has 0 aliphatic rings. The van der Waals surface area contributed by atoms with Gasteiger partial charge in [0.25, 0.3) is 0 Å². The maximum Gasteiger partial charge on any atom is 0.357 e. The van der Waals surface area contributed by atoms with Crippen molar-refractivity contribution in [1.29, 1.82) is 0 Å². The summed E-state index contributed by atoms with van der Waals surface area (Å²) in [6, 6.07) is 17.3. The Kier molecular flexibility index (Phi) is 8.31. The van der Waals surface area contributed by atoms with Gasteiger partial charge in [-0.25, -0.2) is 0 Å². The van der Waals surface area contributed by atoms with Gasteiger partial charge in [-0.05, 0) is 63.6 Å². The van der Waals surface area contributed by atoms with Crippen molar-refractivity contribution >= 4 is 19.4 Å². The molecule has 152 valence electrons. The first-order chi connectivity index (χ1) is 13.3. The van der Waals surface area contributed by atoms with Gasteiger partial charge in [0, 0.05) is 5.69 Å². The molecule has 0 unspecified atom stereocenters. The van der Waals surface area contributed by atoms with Crippen molar-refractivity contribution in [3.05, 3.63) is 66.2 Å². The van der Waals surface area contributed by atoms with Gasteiger partial charge in [-0.2, -0.15) is 0 Å². The zero-order valence-electron chi connectivity index (χ0n) is 17.2. The first-order valence-electron chi connectivity index (χ1n) is 9.43. The number of nitrogens with one attached hydrogen (secondary N) is 1. The normalized spacial score (nSPS) is 13.2. The first kappa shape index (κ1) is 22.2. The second-order valence-corrected chi connectivity index (χ2v) is 8.99. The molecule has 0 spiro atoms. The molecule has 0 amide bonds. The van der Waals surface area contributed by atoms with Crippen molar-refractivity contribution in [2.24, 2.45) is 0 Å². The number of hydrogen-bond donors (Lipinski definition) is 1. The van der Waals surface area contributed by atoms with E-state index in [0.29, 0.717) is 0 Å². The van der Waals surface area contributed by atoms with Crippen LogP contribution in [0.4, 0.5) is 5.69 Å². The number of methoxy groups -OCH3 is 1. The molecule has 0 aliphatic heterocycles. The fourth-order valence-electron chi connectivity index (χ4n) is 2.60. The van der Waals surface area contributed by atoms with Crippen LogP contribution < -0.4 is 10.1 Å². The van der Waals surface area contributed by atoms with Gasteiger partial charge in [-0.15, -0.1) is 0 Å². The lowest BCUT2D eigenvalue weighted by Gasteiger charge is -2.29. The molecule has 5 nitrogen and oxygen atoms in total. The molecule has 0 aromatic heterocycles. The lowest BCUT2D eigenvalue weighted by molar-refractivity contribution is 0.140. The van der Waals surface area contributed by atoms with Crippen LogP contribution in [-0.4, -0.2) is 25.1 Å². The van der Waals surface area contributed by atoms with Crippen molar-refractivity contribution in [1.82, 2.24) is 0 Å². The second-order valence-electron chi connectivity index (χ2n) is 6.94. The van der Waals surface area contributed by atoms with Crippen molar-refractivity contribution in [3.8, 4) is 5.75 Å². The summed E-state index contributed by atoms with van der Waals surface area (Å²) >= 11 is 0. The summed E-state index contributed by atoms with van der Waals surface area (Å²) in [6.45, 7) is 7.40. The minimum absolute atomic E-state index is 0.241. The first-order valence-corrected chi connectivity index (χ1v) is 11.0. The molecule has 0 saturated heterocycles. The molecule has 0 saturated carbocycles. The molecular weight excluding hydrogens is 373 g/mol. The molecule has 2 aromatic carbocycles. The van der Waals surface area contributed by atoms with Crippen LogP contribution >= 0.6 is 7.60 Å². The van der Waals surface area contributed by atoms with Crippen LogP contribution in [0.1, 0.15) is 33.3 Å². The molecule has 2 rings (SSSR count). The van der Waals surface area contributed by atoms with Crippen molar-refractivity contribution in [3.63, 3.8) is 0 Å². The second kappa shape index (κ2) is 10.5. The third kappa shape index (κ3) is 6.83. The van der Waals surface area contributed by atoms with Gasteiger partial charge in [0.15, 0.2) is 0 Å². The quantitative estimate of drug-likeness (QED) is 0.479. The van der Waals surface area contributed by atoms with Gasteiger partial charge in [0.1, 0.15) is 11.5 Å². The van der Waals surface area contributed by atoms with Gasteiger partial charge in [0.05, 0.1) is 19.3 Å². The lowest BCUT2D eigenvalue weighted by Crippen LogP contribution is -2.23. The smallest absolute Gasteiger partial charge is 0.357 e. The van der Waals surface area contributed by atoms with Crippen LogP contribution in [0.5, 0.6) is 5.75 Å². The Balaban J connectivity index is 2.36. The van der Waals surface area contributed by atoms with E-state index in [2.05, 4.69) is 5.32 Å². The Morgan fingerprint density at radius 1 is 0.893 bits per heavy atom. The van der Waals surface area contributed by atoms with Gasteiger partial charge in [0.2, 0.25) is 0 Å². The third-order valence-corrected chi connectivity index (χ3v) is 6.14. The van der Waals surface area contributed by atoms with Crippen LogP contribution in [0.3, 0.4) is 0 Å². The highest BCUT2D eigenvalue weighted by atomic mass is 31.2.